The predicted molar refractivity (Wildman–Crippen MR) is 94.0 cm³/mol. The molecule has 0 aliphatic carbocycles. The van der Waals surface area contributed by atoms with E-state index in [1.54, 1.807) is 0 Å². The molecule has 26 heavy (non-hydrogen) atoms. The average Bonchev–Trinajstić information content (AvgIpc) is 2.61. The van der Waals surface area contributed by atoms with Crippen molar-refractivity contribution in [1.29, 1.82) is 0 Å². The van der Waals surface area contributed by atoms with Crippen LogP contribution in [0.1, 0.15) is 30.1 Å². The third-order valence-electron chi connectivity index (χ3n) is 4.35. The van der Waals surface area contributed by atoms with Crippen LogP contribution in [0.15, 0.2) is 29.2 Å². The average molecular weight is 403 g/mol. The van der Waals surface area contributed by atoms with Gasteiger partial charge in [0.05, 0.1) is 17.3 Å². The van der Waals surface area contributed by atoms with Gasteiger partial charge in [0.2, 0.25) is 10.0 Å². The molecule has 1 aliphatic rings. The molecule has 0 saturated carbocycles. The zero-order chi connectivity index (χ0) is 19.5. The molecule has 1 aromatic rings. The summed E-state index contributed by atoms with van der Waals surface area (Å²) in [5.74, 6) is -1.69. The van der Waals surface area contributed by atoms with E-state index < -0.39 is 36.8 Å². The second-order valence-electron chi connectivity index (χ2n) is 6.07. The standard InChI is InChI=1S/C16H21NO7S2/c1-12(18)13-3-5-15(6-4-13)26(22,23)17-9-7-14(8-10-17)25(20,21)11-16(19)24-2/h3-6,14H,7-11H2,1-2H3. The normalized spacial score (nSPS) is 17.0. The van der Waals surface area contributed by atoms with Gasteiger partial charge in [-0.15, -0.1) is 0 Å². The molecule has 0 spiro atoms. The Balaban J connectivity index is 2.08. The molecule has 10 heteroatoms. The van der Waals surface area contributed by atoms with Crippen LogP contribution in [0, 0.1) is 0 Å². The maximum Gasteiger partial charge on any atom is 0.320 e. The highest BCUT2D eigenvalue weighted by atomic mass is 32.2. The minimum absolute atomic E-state index is 0.0435. The van der Waals surface area contributed by atoms with E-state index in [0.717, 1.165) is 7.11 Å². The van der Waals surface area contributed by atoms with Crippen molar-refractivity contribution in [1.82, 2.24) is 4.31 Å². The van der Waals surface area contributed by atoms with Crippen LogP contribution < -0.4 is 0 Å². The molecule has 144 valence electrons. The molecular weight excluding hydrogens is 382 g/mol. The van der Waals surface area contributed by atoms with Gasteiger partial charge in [-0.1, -0.05) is 12.1 Å². The number of ether oxygens (including phenoxy) is 1. The number of methoxy groups -OCH3 is 1. The van der Waals surface area contributed by atoms with Gasteiger partial charge in [-0.2, -0.15) is 4.31 Å². The van der Waals surface area contributed by atoms with Crippen LogP contribution >= 0.6 is 0 Å². The smallest absolute Gasteiger partial charge is 0.320 e. The number of carbonyl (C=O) groups excluding carboxylic acids is 2. The summed E-state index contributed by atoms with van der Waals surface area (Å²) in [5.41, 5.74) is 0.413. The highest BCUT2D eigenvalue weighted by Crippen LogP contribution is 2.24. The first-order chi connectivity index (χ1) is 12.1. The van der Waals surface area contributed by atoms with Crippen LogP contribution in [-0.2, 0) is 29.4 Å². The van der Waals surface area contributed by atoms with Gasteiger partial charge in [0.15, 0.2) is 15.6 Å². The van der Waals surface area contributed by atoms with E-state index in [-0.39, 0.29) is 36.6 Å². The number of ketones is 1. The summed E-state index contributed by atoms with van der Waals surface area (Å²) in [7, 11) is -6.33. The van der Waals surface area contributed by atoms with E-state index in [1.165, 1.54) is 35.5 Å². The fourth-order valence-electron chi connectivity index (χ4n) is 2.78. The van der Waals surface area contributed by atoms with Gasteiger partial charge in [0.25, 0.3) is 0 Å². The van der Waals surface area contributed by atoms with Crippen LogP contribution in [0.2, 0.25) is 0 Å². The lowest BCUT2D eigenvalue weighted by atomic mass is 10.2. The summed E-state index contributed by atoms with van der Waals surface area (Å²) in [6, 6.07) is 5.63. The fraction of sp³-hybridized carbons (Fsp3) is 0.500. The van der Waals surface area contributed by atoms with Crippen molar-refractivity contribution in [2.45, 2.75) is 29.9 Å². The predicted octanol–water partition coefficient (Wildman–Crippen LogP) is 0.630. The highest BCUT2D eigenvalue weighted by Gasteiger charge is 2.36. The Morgan fingerprint density at radius 1 is 1.08 bits per heavy atom. The summed E-state index contributed by atoms with van der Waals surface area (Å²) >= 11 is 0. The number of sulfone groups is 1. The van der Waals surface area contributed by atoms with Gasteiger partial charge in [0, 0.05) is 18.7 Å². The SMILES string of the molecule is COC(=O)CS(=O)(=O)C1CCN(S(=O)(=O)c2ccc(C(C)=O)cc2)CC1. The van der Waals surface area contributed by atoms with Crippen molar-refractivity contribution in [3.63, 3.8) is 0 Å². The Kier molecular flexibility index (Phi) is 6.20. The lowest BCUT2D eigenvalue weighted by molar-refractivity contribution is -0.137. The largest absolute Gasteiger partial charge is 0.468 e. The number of nitrogens with zero attached hydrogens (tertiary/aromatic N) is 1. The molecule has 1 heterocycles. The molecule has 0 atom stereocenters. The van der Waals surface area contributed by atoms with Crippen molar-refractivity contribution in [3.05, 3.63) is 29.8 Å². The summed E-state index contributed by atoms with van der Waals surface area (Å²) in [6.45, 7) is 1.48. The van der Waals surface area contributed by atoms with Crippen LogP contribution in [0.5, 0.6) is 0 Å². The molecule has 0 unspecified atom stereocenters. The molecule has 0 amide bonds. The Bertz CT molecular complexity index is 881. The molecular formula is C16H21NO7S2. The number of rotatable bonds is 6. The zero-order valence-corrected chi connectivity index (χ0v) is 16.2. The number of Topliss-reactive ketones (excluding diaryl/α,β-unsaturated/α-hetero) is 1. The third-order valence-corrected chi connectivity index (χ3v) is 8.39. The van der Waals surface area contributed by atoms with Gasteiger partial charge in [-0.05, 0) is 31.9 Å². The molecule has 1 fully saturated rings. The Morgan fingerprint density at radius 3 is 2.08 bits per heavy atom. The molecule has 8 nitrogen and oxygen atoms in total. The van der Waals surface area contributed by atoms with E-state index in [1.807, 2.05) is 0 Å². The van der Waals surface area contributed by atoms with Crippen LogP contribution in [0.25, 0.3) is 0 Å². The van der Waals surface area contributed by atoms with Gasteiger partial charge < -0.3 is 4.74 Å². The van der Waals surface area contributed by atoms with Crippen molar-refractivity contribution in [3.8, 4) is 0 Å². The second kappa shape index (κ2) is 7.85. The third kappa shape index (κ3) is 4.49. The highest BCUT2D eigenvalue weighted by molar-refractivity contribution is 7.92. The van der Waals surface area contributed by atoms with Crippen molar-refractivity contribution in [2.75, 3.05) is 26.0 Å². The molecule has 1 aliphatic heterocycles. The van der Waals surface area contributed by atoms with Gasteiger partial charge >= 0.3 is 5.97 Å². The lowest BCUT2D eigenvalue weighted by Gasteiger charge is -2.30. The fourth-order valence-corrected chi connectivity index (χ4v) is 5.86. The van der Waals surface area contributed by atoms with Crippen LogP contribution in [0.4, 0.5) is 0 Å². The summed E-state index contributed by atoms with van der Waals surface area (Å²) < 4.78 is 55.3. The van der Waals surface area contributed by atoms with Gasteiger partial charge in [0.1, 0.15) is 5.75 Å². The topological polar surface area (TPSA) is 115 Å². The zero-order valence-electron chi connectivity index (χ0n) is 14.5. The second-order valence-corrected chi connectivity index (χ2v) is 10.3. The maximum atomic E-state index is 12.7. The number of hydrogen-bond acceptors (Lipinski definition) is 7. The summed E-state index contributed by atoms with van der Waals surface area (Å²) in [6.07, 6.45) is 0.230. The Labute approximate surface area is 153 Å². The molecule has 0 N–H and O–H groups in total. The van der Waals surface area contributed by atoms with E-state index >= 15 is 0 Å². The molecule has 0 radical (unpaired) electrons. The first kappa shape index (κ1) is 20.5. The van der Waals surface area contributed by atoms with Crippen molar-refractivity contribution >= 4 is 31.6 Å². The maximum absolute atomic E-state index is 12.7. The Hall–Kier alpha value is -1.78. The van der Waals surface area contributed by atoms with E-state index in [9.17, 15) is 26.4 Å². The summed E-state index contributed by atoms with van der Waals surface area (Å²) in [4.78, 5) is 22.6. The van der Waals surface area contributed by atoms with E-state index in [0.29, 0.717) is 5.56 Å². The molecule has 1 saturated heterocycles. The lowest BCUT2D eigenvalue weighted by Crippen LogP contribution is -2.43. The molecule has 0 bridgehead atoms. The van der Waals surface area contributed by atoms with Crippen molar-refractivity contribution < 1.29 is 31.2 Å². The number of esters is 1. The number of piperidine rings is 1. The monoisotopic (exact) mass is 403 g/mol. The molecule has 2 rings (SSSR count). The van der Waals surface area contributed by atoms with Crippen molar-refractivity contribution in [2.24, 2.45) is 0 Å². The van der Waals surface area contributed by atoms with Gasteiger partial charge in [-0.25, -0.2) is 16.8 Å². The van der Waals surface area contributed by atoms with Crippen LogP contribution in [0.3, 0.4) is 0 Å². The first-order valence-electron chi connectivity index (χ1n) is 7.97. The first-order valence-corrected chi connectivity index (χ1v) is 11.1. The summed E-state index contributed by atoms with van der Waals surface area (Å²) in [5, 5.41) is -0.770. The van der Waals surface area contributed by atoms with Gasteiger partial charge in [-0.3, -0.25) is 9.59 Å². The number of carbonyl (C=O) groups is 2. The Morgan fingerprint density at radius 2 is 1.62 bits per heavy atom. The molecule has 0 aromatic heterocycles. The van der Waals surface area contributed by atoms with Crippen LogP contribution in [-0.4, -0.2) is 64.1 Å². The van der Waals surface area contributed by atoms with E-state index in [4.69, 9.17) is 0 Å². The molecule has 1 aromatic carbocycles. The minimum Gasteiger partial charge on any atom is -0.468 e. The minimum atomic E-state index is -3.77. The number of hydrogen-bond donors (Lipinski definition) is 0. The number of benzene rings is 1. The number of sulfonamides is 1. The van der Waals surface area contributed by atoms with E-state index in [2.05, 4.69) is 4.74 Å². The quantitative estimate of drug-likeness (QED) is 0.505.